The second-order valence-electron chi connectivity index (χ2n) is 7.80. The molecule has 2 aliphatic rings. The molecule has 28 heavy (non-hydrogen) atoms. The minimum absolute atomic E-state index is 0.315. The predicted octanol–water partition coefficient (Wildman–Crippen LogP) is 4.40. The maximum Gasteiger partial charge on any atom is 0.146 e. The summed E-state index contributed by atoms with van der Waals surface area (Å²) in [6.45, 7) is 3.41. The monoisotopic (exact) mass is 414 g/mol. The molecule has 1 unspecified atom stereocenters. The zero-order valence-corrected chi connectivity index (χ0v) is 17.7. The van der Waals surface area contributed by atoms with Gasteiger partial charge < -0.3 is 10.5 Å². The van der Waals surface area contributed by atoms with E-state index in [2.05, 4.69) is 22.4 Å². The summed E-state index contributed by atoms with van der Waals surface area (Å²) >= 11 is 3.62. The van der Waals surface area contributed by atoms with E-state index in [1.165, 1.54) is 28.2 Å². The van der Waals surface area contributed by atoms with Crippen molar-refractivity contribution < 1.29 is 4.74 Å². The Morgan fingerprint density at radius 2 is 2.11 bits per heavy atom. The van der Waals surface area contributed by atoms with E-state index in [0.717, 1.165) is 61.4 Å². The molecule has 4 heterocycles. The van der Waals surface area contributed by atoms with Crippen LogP contribution in [-0.2, 0) is 30.7 Å². The lowest BCUT2D eigenvalue weighted by molar-refractivity contribution is 0.0674. The minimum atomic E-state index is 0.315. The van der Waals surface area contributed by atoms with E-state index >= 15 is 0 Å². The molecular formula is C21H26N4OS2. The first-order valence-electron chi connectivity index (χ1n) is 10.2. The molecular weight excluding hydrogens is 388 g/mol. The summed E-state index contributed by atoms with van der Waals surface area (Å²) in [7, 11) is 0. The zero-order chi connectivity index (χ0) is 18.9. The van der Waals surface area contributed by atoms with Crippen molar-refractivity contribution in [3.63, 3.8) is 0 Å². The standard InChI is InChI=1S/C21H26N4OS2/c22-20-19-16-7-1-2-8-17(16)28-21(19)24-18(23-20)13-25(11-14-5-3-9-26-14)12-15-6-4-10-27-15/h4,6,10,14H,1-3,5,7-9,11-13H2,(H2,22,23,24). The van der Waals surface area contributed by atoms with E-state index in [1.807, 2.05) is 11.3 Å². The number of hydrogen-bond donors (Lipinski definition) is 1. The van der Waals surface area contributed by atoms with Gasteiger partial charge in [0.2, 0.25) is 0 Å². The highest BCUT2D eigenvalue weighted by Gasteiger charge is 2.23. The van der Waals surface area contributed by atoms with E-state index in [4.69, 9.17) is 20.4 Å². The van der Waals surface area contributed by atoms with Gasteiger partial charge in [-0.3, -0.25) is 4.90 Å². The quantitative estimate of drug-likeness (QED) is 0.648. The van der Waals surface area contributed by atoms with Crippen molar-refractivity contribution in [1.29, 1.82) is 0 Å². The van der Waals surface area contributed by atoms with E-state index < -0.39 is 0 Å². The summed E-state index contributed by atoms with van der Waals surface area (Å²) in [6, 6.07) is 4.31. The van der Waals surface area contributed by atoms with E-state index in [-0.39, 0.29) is 0 Å². The summed E-state index contributed by atoms with van der Waals surface area (Å²) in [5.74, 6) is 1.49. The van der Waals surface area contributed by atoms with Crippen LogP contribution >= 0.6 is 22.7 Å². The number of nitrogens with two attached hydrogens (primary N) is 1. The number of anilines is 1. The fourth-order valence-electron chi connectivity index (χ4n) is 4.39. The Labute approximate surface area is 173 Å². The van der Waals surface area contributed by atoms with Crippen LogP contribution in [-0.4, -0.2) is 34.1 Å². The van der Waals surface area contributed by atoms with Gasteiger partial charge in [-0.05, 0) is 55.5 Å². The van der Waals surface area contributed by atoms with Crippen LogP contribution in [0.4, 0.5) is 5.82 Å². The van der Waals surface area contributed by atoms with Crippen LogP contribution in [0.5, 0.6) is 0 Å². The van der Waals surface area contributed by atoms with Crippen LogP contribution in [0.25, 0.3) is 10.2 Å². The van der Waals surface area contributed by atoms with Gasteiger partial charge in [0.25, 0.3) is 0 Å². The van der Waals surface area contributed by atoms with Crippen LogP contribution in [0.1, 0.15) is 46.8 Å². The number of nitrogens with zero attached hydrogens (tertiary/aromatic N) is 3. The van der Waals surface area contributed by atoms with E-state index in [0.29, 0.717) is 18.5 Å². The molecule has 1 saturated heterocycles. The van der Waals surface area contributed by atoms with Gasteiger partial charge in [-0.1, -0.05) is 6.07 Å². The summed E-state index contributed by atoms with van der Waals surface area (Å²) in [5.41, 5.74) is 7.82. The SMILES string of the molecule is Nc1nc(CN(Cc2cccs2)CC2CCCO2)nc2sc3c(c12)CCCC3. The Morgan fingerprint density at radius 3 is 2.93 bits per heavy atom. The molecule has 2 N–H and O–H groups in total. The molecule has 3 aromatic rings. The third kappa shape index (κ3) is 3.81. The van der Waals surface area contributed by atoms with Crippen molar-refractivity contribution >= 4 is 38.7 Å². The average Bonchev–Trinajstić information content (AvgIpc) is 3.41. The highest BCUT2D eigenvalue weighted by Crippen LogP contribution is 2.37. The molecule has 0 spiro atoms. The maximum absolute atomic E-state index is 6.42. The summed E-state index contributed by atoms with van der Waals surface area (Å²) < 4.78 is 5.89. The lowest BCUT2D eigenvalue weighted by Gasteiger charge is -2.24. The van der Waals surface area contributed by atoms with Crippen LogP contribution < -0.4 is 5.73 Å². The van der Waals surface area contributed by atoms with Crippen LogP contribution in [0.15, 0.2) is 17.5 Å². The Bertz CT molecular complexity index is 947. The molecule has 148 valence electrons. The van der Waals surface area contributed by atoms with Gasteiger partial charge >= 0.3 is 0 Å². The molecule has 1 atom stereocenters. The van der Waals surface area contributed by atoms with Crippen molar-refractivity contribution in [2.45, 2.75) is 57.7 Å². The topological polar surface area (TPSA) is 64.3 Å². The summed E-state index contributed by atoms with van der Waals surface area (Å²) in [4.78, 5) is 16.0. The van der Waals surface area contributed by atoms with Crippen molar-refractivity contribution in [2.75, 3.05) is 18.9 Å². The molecule has 7 heteroatoms. The summed E-state index contributed by atoms with van der Waals surface area (Å²) in [5, 5.41) is 3.25. The van der Waals surface area contributed by atoms with Gasteiger partial charge in [-0.25, -0.2) is 9.97 Å². The predicted molar refractivity (Wildman–Crippen MR) is 116 cm³/mol. The molecule has 0 bridgehead atoms. The Morgan fingerprint density at radius 1 is 1.18 bits per heavy atom. The lowest BCUT2D eigenvalue weighted by atomic mass is 9.97. The summed E-state index contributed by atoms with van der Waals surface area (Å²) in [6.07, 6.45) is 7.41. The Kier molecular flexibility index (Phi) is 5.32. The van der Waals surface area contributed by atoms with Gasteiger partial charge in [0.15, 0.2) is 0 Å². The third-order valence-corrected chi connectivity index (χ3v) is 7.75. The average molecular weight is 415 g/mol. The van der Waals surface area contributed by atoms with Crippen LogP contribution in [0.3, 0.4) is 0 Å². The number of fused-ring (bicyclic) bond motifs is 3. The molecule has 0 radical (unpaired) electrons. The molecule has 0 aromatic carbocycles. The fourth-order valence-corrected chi connectivity index (χ4v) is 6.42. The second kappa shape index (κ2) is 8.06. The number of ether oxygens (including phenoxy) is 1. The van der Waals surface area contributed by atoms with E-state index in [1.54, 1.807) is 11.3 Å². The Hall–Kier alpha value is -1.54. The highest BCUT2D eigenvalue weighted by molar-refractivity contribution is 7.19. The number of rotatable bonds is 6. The number of aryl methyl sites for hydroxylation is 2. The Balaban J connectivity index is 1.41. The first-order valence-corrected chi connectivity index (χ1v) is 11.9. The zero-order valence-electron chi connectivity index (χ0n) is 16.0. The lowest BCUT2D eigenvalue weighted by Crippen LogP contribution is -2.32. The van der Waals surface area contributed by atoms with Crippen molar-refractivity contribution in [2.24, 2.45) is 0 Å². The largest absolute Gasteiger partial charge is 0.383 e. The smallest absolute Gasteiger partial charge is 0.146 e. The van der Waals surface area contributed by atoms with Gasteiger partial charge in [-0.2, -0.15) is 0 Å². The second-order valence-corrected chi connectivity index (χ2v) is 9.92. The number of thiophene rings is 2. The molecule has 0 amide bonds. The van der Waals surface area contributed by atoms with Gasteiger partial charge in [-0.15, -0.1) is 22.7 Å². The number of aromatic nitrogens is 2. The minimum Gasteiger partial charge on any atom is -0.383 e. The molecule has 5 nitrogen and oxygen atoms in total. The third-order valence-electron chi connectivity index (χ3n) is 5.70. The molecule has 1 aliphatic carbocycles. The maximum atomic E-state index is 6.42. The number of nitrogen functional groups attached to an aromatic ring is 1. The highest BCUT2D eigenvalue weighted by atomic mass is 32.1. The van der Waals surface area contributed by atoms with Gasteiger partial charge in [0.05, 0.1) is 18.0 Å². The molecule has 1 aliphatic heterocycles. The normalized spacial score (nSPS) is 19.5. The van der Waals surface area contributed by atoms with Crippen molar-refractivity contribution in [3.05, 3.63) is 38.7 Å². The van der Waals surface area contributed by atoms with Gasteiger partial charge in [0, 0.05) is 29.5 Å². The number of hydrogen-bond acceptors (Lipinski definition) is 7. The van der Waals surface area contributed by atoms with E-state index in [9.17, 15) is 0 Å². The van der Waals surface area contributed by atoms with Crippen LogP contribution in [0, 0.1) is 0 Å². The van der Waals surface area contributed by atoms with Crippen molar-refractivity contribution in [3.8, 4) is 0 Å². The van der Waals surface area contributed by atoms with Crippen molar-refractivity contribution in [1.82, 2.24) is 14.9 Å². The molecule has 1 fully saturated rings. The first-order chi connectivity index (χ1) is 13.8. The van der Waals surface area contributed by atoms with Gasteiger partial charge in [0.1, 0.15) is 16.5 Å². The fraction of sp³-hybridized carbons (Fsp3) is 0.524. The molecule has 5 rings (SSSR count). The molecule has 0 saturated carbocycles. The molecule has 3 aromatic heterocycles. The van der Waals surface area contributed by atoms with Crippen LogP contribution in [0.2, 0.25) is 0 Å². The first kappa shape index (κ1) is 18.5.